The lowest BCUT2D eigenvalue weighted by Gasteiger charge is -2.24. The average Bonchev–Trinajstić information content (AvgIpc) is 3.39. The topological polar surface area (TPSA) is 109 Å². The molecule has 4 heterocycles. The van der Waals surface area contributed by atoms with Crippen LogP contribution in [0.15, 0.2) is 30.3 Å². The summed E-state index contributed by atoms with van der Waals surface area (Å²) in [5, 5.41) is 15.2. The molecule has 11 heteroatoms. The Balaban J connectivity index is 1.18. The van der Waals surface area contributed by atoms with Crippen molar-refractivity contribution in [3.8, 4) is 0 Å². The van der Waals surface area contributed by atoms with E-state index in [1.807, 2.05) is 0 Å². The van der Waals surface area contributed by atoms with Gasteiger partial charge in [0.1, 0.15) is 18.1 Å². The molecule has 0 saturated heterocycles. The Hall–Kier alpha value is -3.76. The molecule has 0 fully saturated rings. The van der Waals surface area contributed by atoms with Gasteiger partial charge in [-0.2, -0.15) is 5.10 Å². The zero-order chi connectivity index (χ0) is 22.1. The highest BCUT2D eigenvalue weighted by Gasteiger charge is 2.28. The number of amides is 2. The van der Waals surface area contributed by atoms with E-state index in [9.17, 15) is 14.0 Å². The number of carbonyl (C=O) groups is 2. The zero-order valence-corrected chi connectivity index (χ0v) is 17.3. The third-order valence-corrected chi connectivity index (χ3v) is 5.78. The minimum absolute atomic E-state index is 0.0133. The number of aromatic nitrogens is 5. The smallest absolute Gasteiger partial charge is 0.410 e. The SMILES string of the molecule is O=C(OCc1cccc(F)c1)N1CCc2cc(C(=O)N3CCc4[nH]nnc4C3)nn2CC1. The maximum Gasteiger partial charge on any atom is 0.410 e. The van der Waals surface area contributed by atoms with Crippen LogP contribution in [0.5, 0.6) is 0 Å². The summed E-state index contributed by atoms with van der Waals surface area (Å²) in [6.45, 7) is 2.34. The largest absolute Gasteiger partial charge is 0.445 e. The Morgan fingerprint density at radius 1 is 1.09 bits per heavy atom. The molecule has 0 spiro atoms. The van der Waals surface area contributed by atoms with Crippen molar-refractivity contribution in [3.05, 3.63) is 64.5 Å². The number of nitrogens with one attached hydrogen (secondary N) is 1. The summed E-state index contributed by atoms with van der Waals surface area (Å²) < 4.78 is 20.4. The monoisotopic (exact) mass is 439 g/mol. The predicted octanol–water partition coefficient (Wildman–Crippen LogP) is 1.53. The number of benzene rings is 1. The number of hydrogen-bond donors (Lipinski definition) is 1. The van der Waals surface area contributed by atoms with Gasteiger partial charge in [-0.25, -0.2) is 9.18 Å². The van der Waals surface area contributed by atoms with Crippen molar-refractivity contribution < 1.29 is 18.7 Å². The molecule has 3 aromatic rings. The van der Waals surface area contributed by atoms with E-state index in [0.717, 1.165) is 17.1 Å². The first-order valence-electron chi connectivity index (χ1n) is 10.5. The third-order valence-electron chi connectivity index (χ3n) is 5.78. The Bertz CT molecular complexity index is 1130. The van der Waals surface area contributed by atoms with Crippen LogP contribution in [-0.2, 0) is 37.3 Å². The fourth-order valence-electron chi connectivity index (χ4n) is 4.02. The molecular weight excluding hydrogens is 417 g/mol. The molecule has 1 aromatic carbocycles. The van der Waals surface area contributed by atoms with E-state index in [0.29, 0.717) is 56.8 Å². The first-order valence-corrected chi connectivity index (χ1v) is 10.5. The summed E-state index contributed by atoms with van der Waals surface area (Å²) in [5.74, 6) is -0.499. The molecule has 0 aliphatic carbocycles. The number of rotatable bonds is 3. The van der Waals surface area contributed by atoms with E-state index in [1.165, 1.54) is 12.1 Å². The molecule has 0 atom stereocenters. The Labute approximate surface area is 182 Å². The molecule has 0 unspecified atom stereocenters. The summed E-state index contributed by atoms with van der Waals surface area (Å²) in [6.07, 6.45) is 0.796. The van der Waals surface area contributed by atoms with Gasteiger partial charge in [0.05, 0.1) is 18.8 Å². The van der Waals surface area contributed by atoms with E-state index in [-0.39, 0.29) is 18.3 Å². The molecule has 166 valence electrons. The van der Waals surface area contributed by atoms with E-state index in [2.05, 4.69) is 20.5 Å². The molecule has 2 aromatic heterocycles. The van der Waals surface area contributed by atoms with Gasteiger partial charge in [0, 0.05) is 38.2 Å². The number of halogens is 1. The second-order valence-corrected chi connectivity index (χ2v) is 7.88. The van der Waals surface area contributed by atoms with Gasteiger partial charge < -0.3 is 14.5 Å². The van der Waals surface area contributed by atoms with Crippen molar-refractivity contribution >= 4 is 12.0 Å². The molecule has 2 aliphatic rings. The standard InChI is InChI=1S/C21H22FN7O3/c22-15-3-1-2-14(10-15)13-32-21(31)27-6-4-16-11-18(25-29(16)9-8-27)20(30)28-7-5-17-19(12-28)24-26-23-17/h1-3,10-11H,4-9,12-13H2,(H,23,24,26). The number of carbonyl (C=O) groups excluding carboxylic acids is 2. The van der Waals surface area contributed by atoms with Crippen LogP contribution in [0, 0.1) is 5.82 Å². The summed E-state index contributed by atoms with van der Waals surface area (Å²) >= 11 is 0. The Morgan fingerprint density at radius 2 is 1.97 bits per heavy atom. The Morgan fingerprint density at radius 3 is 2.84 bits per heavy atom. The minimum Gasteiger partial charge on any atom is -0.445 e. The highest BCUT2D eigenvalue weighted by atomic mass is 19.1. The van der Waals surface area contributed by atoms with Crippen molar-refractivity contribution in [2.45, 2.75) is 32.5 Å². The van der Waals surface area contributed by atoms with Gasteiger partial charge in [0.25, 0.3) is 5.91 Å². The molecule has 0 saturated carbocycles. The second-order valence-electron chi connectivity index (χ2n) is 7.88. The van der Waals surface area contributed by atoms with E-state index < -0.39 is 6.09 Å². The molecule has 2 amide bonds. The molecular formula is C21H22FN7O3. The van der Waals surface area contributed by atoms with Gasteiger partial charge in [0.2, 0.25) is 0 Å². The average molecular weight is 439 g/mol. The van der Waals surface area contributed by atoms with Gasteiger partial charge in [-0.1, -0.05) is 17.3 Å². The lowest BCUT2D eigenvalue weighted by atomic mass is 10.1. The van der Waals surface area contributed by atoms with Gasteiger partial charge in [-0.15, -0.1) is 5.10 Å². The summed E-state index contributed by atoms with van der Waals surface area (Å²) in [6, 6.07) is 7.77. The summed E-state index contributed by atoms with van der Waals surface area (Å²) in [7, 11) is 0. The number of hydrogen-bond acceptors (Lipinski definition) is 6. The lowest BCUT2D eigenvalue weighted by molar-refractivity contribution is 0.0723. The van der Waals surface area contributed by atoms with Crippen LogP contribution < -0.4 is 0 Å². The lowest BCUT2D eigenvalue weighted by Crippen LogP contribution is -2.36. The first-order chi connectivity index (χ1) is 15.6. The summed E-state index contributed by atoms with van der Waals surface area (Å²) in [5.41, 5.74) is 3.65. The van der Waals surface area contributed by atoms with Crippen LogP contribution in [0.4, 0.5) is 9.18 Å². The number of aromatic amines is 1. The van der Waals surface area contributed by atoms with Gasteiger partial charge >= 0.3 is 6.09 Å². The maximum atomic E-state index is 13.3. The highest BCUT2D eigenvalue weighted by Crippen LogP contribution is 2.18. The summed E-state index contributed by atoms with van der Waals surface area (Å²) in [4.78, 5) is 28.7. The normalized spacial score (nSPS) is 15.7. The molecule has 5 rings (SSSR count). The molecule has 1 N–H and O–H groups in total. The van der Waals surface area contributed by atoms with Gasteiger partial charge in [0.15, 0.2) is 5.69 Å². The van der Waals surface area contributed by atoms with Crippen molar-refractivity contribution in [1.29, 1.82) is 0 Å². The fourth-order valence-corrected chi connectivity index (χ4v) is 4.02. The van der Waals surface area contributed by atoms with Gasteiger partial charge in [-0.3, -0.25) is 14.6 Å². The Kier molecular flexibility index (Phi) is 5.29. The predicted molar refractivity (Wildman–Crippen MR) is 109 cm³/mol. The maximum absolute atomic E-state index is 13.3. The molecule has 0 radical (unpaired) electrons. The quantitative estimate of drug-likeness (QED) is 0.663. The first kappa shape index (κ1) is 20.2. The van der Waals surface area contributed by atoms with Gasteiger partial charge in [-0.05, 0) is 23.8 Å². The number of fused-ring (bicyclic) bond motifs is 2. The van der Waals surface area contributed by atoms with Crippen molar-refractivity contribution in [1.82, 2.24) is 35.0 Å². The zero-order valence-electron chi connectivity index (χ0n) is 17.3. The van der Waals surface area contributed by atoms with Crippen LogP contribution in [0.25, 0.3) is 0 Å². The van der Waals surface area contributed by atoms with Crippen LogP contribution in [0.3, 0.4) is 0 Å². The van der Waals surface area contributed by atoms with Crippen molar-refractivity contribution in [2.24, 2.45) is 0 Å². The van der Waals surface area contributed by atoms with E-state index >= 15 is 0 Å². The second kappa shape index (κ2) is 8.40. The van der Waals surface area contributed by atoms with E-state index in [4.69, 9.17) is 4.74 Å². The molecule has 2 aliphatic heterocycles. The van der Waals surface area contributed by atoms with Crippen LogP contribution in [0.1, 0.15) is 33.1 Å². The van der Waals surface area contributed by atoms with Crippen LogP contribution in [0.2, 0.25) is 0 Å². The number of nitrogens with zero attached hydrogens (tertiary/aromatic N) is 6. The number of ether oxygens (including phenoxy) is 1. The van der Waals surface area contributed by atoms with E-state index in [1.54, 1.807) is 32.7 Å². The highest BCUT2D eigenvalue weighted by molar-refractivity contribution is 5.92. The third kappa shape index (κ3) is 4.05. The number of H-pyrrole nitrogens is 1. The van der Waals surface area contributed by atoms with Crippen molar-refractivity contribution in [2.75, 3.05) is 19.6 Å². The van der Waals surface area contributed by atoms with Crippen LogP contribution >= 0.6 is 0 Å². The molecule has 0 bridgehead atoms. The minimum atomic E-state index is -0.451. The molecule has 32 heavy (non-hydrogen) atoms. The van der Waals surface area contributed by atoms with Crippen molar-refractivity contribution in [3.63, 3.8) is 0 Å². The fraction of sp³-hybridized carbons (Fsp3) is 0.381. The molecule has 10 nitrogen and oxygen atoms in total. The van der Waals surface area contributed by atoms with Crippen LogP contribution in [-0.4, -0.2) is 66.6 Å².